The fraction of sp³-hybridized carbons (Fsp3) is 0.409. The number of benzene rings is 2. The van der Waals surface area contributed by atoms with Crippen LogP contribution in [0.25, 0.3) is 0 Å². The van der Waals surface area contributed by atoms with Gasteiger partial charge in [0.1, 0.15) is 11.5 Å². The summed E-state index contributed by atoms with van der Waals surface area (Å²) in [6, 6.07) is 15.5. The average Bonchev–Trinajstić information content (AvgIpc) is 2.74. The fourth-order valence-corrected chi connectivity index (χ4v) is 3.02. The molecule has 0 aliphatic carbocycles. The lowest BCUT2D eigenvalue weighted by Gasteiger charge is -2.26. The number of methoxy groups -OCH3 is 1. The molecule has 1 amide bonds. The van der Waals surface area contributed by atoms with Gasteiger partial charge in [0.05, 0.1) is 20.3 Å². The Hall–Kier alpha value is -2.57. The lowest BCUT2D eigenvalue weighted by atomic mass is 10.1. The van der Waals surface area contributed by atoms with Crippen molar-refractivity contribution in [2.75, 3.05) is 33.4 Å². The fourth-order valence-electron chi connectivity index (χ4n) is 3.02. The maximum atomic E-state index is 12.3. The van der Waals surface area contributed by atoms with Crippen LogP contribution < -0.4 is 14.8 Å². The van der Waals surface area contributed by atoms with Gasteiger partial charge in [-0.05, 0) is 42.3 Å². The first-order valence-corrected chi connectivity index (χ1v) is 9.60. The van der Waals surface area contributed by atoms with Gasteiger partial charge in [0.2, 0.25) is 0 Å². The maximum absolute atomic E-state index is 12.3. The molecule has 3 rings (SSSR count). The molecule has 1 saturated heterocycles. The van der Waals surface area contributed by atoms with Gasteiger partial charge in [0.25, 0.3) is 5.91 Å². The molecular formula is C22H28N2O4. The smallest absolute Gasteiger partial charge is 0.261 e. The van der Waals surface area contributed by atoms with E-state index in [4.69, 9.17) is 14.2 Å². The Morgan fingerprint density at radius 2 is 1.64 bits per heavy atom. The van der Waals surface area contributed by atoms with E-state index in [1.807, 2.05) is 0 Å². The number of nitrogens with zero attached hydrogens (tertiary/aromatic N) is 1. The summed E-state index contributed by atoms with van der Waals surface area (Å²) in [7, 11) is 1.61. The van der Waals surface area contributed by atoms with E-state index >= 15 is 0 Å². The van der Waals surface area contributed by atoms with Crippen molar-refractivity contribution in [1.29, 1.82) is 0 Å². The van der Waals surface area contributed by atoms with Crippen molar-refractivity contribution < 1.29 is 19.0 Å². The van der Waals surface area contributed by atoms with E-state index in [1.165, 1.54) is 5.56 Å². The van der Waals surface area contributed by atoms with Crippen LogP contribution in [0.1, 0.15) is 18.1 Å². The van der Waals surface area contributed by atoms with Crippen LogP contribution in [0.4, 0.5) is 0 Å². The van der Waals surface area contributed by atoms with Crippen LogP contribution in [0.3, 0.4) is 0 Å². The standard InChI is InChI=1S/C22H28N2O4/c1-17(28-21-9-7-20(26-2)8-10-21)22(25)23-15-18-3-5-19(6-4-18)16-24-11-13-27-14-12-24/h3-10,17H,11-16H2,1-2H3,(H,23,25)/t17-/m0/s1. The second-order valence-corrected chi connectivity index (χ2v) is 6.86. The molecule has 150 valence electrons. The molecule has 0 spiro atoms. The van der Waals surface area contributed by atoms with Gasteiger partial charge in [-0.15, -0.1) is 0 Å². The van der Waals surface area contributed by atoms with Crippen molar-refractivity contribution >= 4 is 5.91 Å². The van der Waals surface area contributed by atoms with Gasteiger partial charge in [-0.25, -0.2) is 0 Å². The van der Waals surface area contributed by atoms with Gasteiger partial charge in [0, 0.05) is 26.2 Å². The van der Waals surface area contributed by atoms with E-state index in [1.54, 1.807) is 38.3 Å². The van der Waals surface area contributed by atoms with Crippen molar-refractivity contribution in [1.82, 2.24) is 10.2 Å². The Bertz CT molecular complexity index is 740. The molecule has 0 aromatic heterocycles. The van der Waals surface area contributed by atoms with Crippen molar-refractivity contribution in [2.24, 2.45) is 0 Å². The third kappa shape index (κ3) is 5.97. The first kappa shape index (κ1) is 20.2. The van der Waals surface area contributed by atoms with Crippen LogP contribution in [0.15, 0.2) is 48.5 Å². The highest BCUT2D eigenvalue weighted by Crippen LogP contribution is 2.18. The zero-order chi connectivity index (χ0) is 19.8. The lowest BCUT2D eigenvalue weighted by molar-refractivity contribution is -0.127. The Morgan fingerprint density at radius 1 is 1.04 bits per heavy atom. The summed E-state index contributed by atoms with van der Waals surface area (Å²) in [5, 5.41) is 2.93. The maximum Gasteiger partial charge on any atom is 0.261 e. The second-order valence-electron chi connectivity index (χ2n) is 6.86. The van der Waals surface area contributed by atoms with E-state index < -0.39 is 6.10 Å². The summed E-state index contributed by atoms with van der Waals surface area (Å²) in [5.41, 5.74) is 2.34. The highest BCUT2D eigenvalue weighted by molar-refractivity contribution is 5.80. The van der Waals surface area contributed by atoms with Crippen LogP contribution >= 0.6 is 0 Å². The molecular weight excluding hydrogens is 356 g/mol. The van der Waals surface area contributed by atoms with Crippen LogP contribution in [0, 0.1) is 0 Å². The largest absolute Gasteiger partial charge is 0.497 e. The Kier molecular flexibility index (Phi) is 7.28. The number of amides is 1. The highest BCUT2D eigenvalue weighted by Gasteiger charge is 2.14. The molecule has 6 heteroatoms. The van der Waals surface area contributed by atoms with Crippen molar-refractivity contribution in [2.45, 2.75) is 26.1 Å². The van der Waals surface area contributed by atoms with Crippen LogP contribution in [-0.4, -0.2) is 50.3 Å². The summed E-state index contributed by atoms with van der Waals surface area (Å²) in [6.45, 7) is 6.72. The number of ether oxygens (including phenoxy) is 3. The number of hydrogen-bond acceptors (Lipinski definition) is 5. The Morgan fingerprint density at radius 3 is 2.29 bits per heavy atom. The minimum absolute atomic E-state index is 0.145. The number of carbonyl (C=O) groups is 1. The van der Waals surface area contributed by atoms with Gasteiger partial charge in [-0.2, -0.15) is 0 Å². The second kappa shape index (κ2) is 10.1. The van der Waals surface area contributed by atoms with Gasteiger partial charge >= 0.3 is 0 Å². The monoisotopic (exact) mass is 384 g/mol. The van der Waals surface area contributed by atoms with E-state index in [0.29, 0.717) is 12.3 Å². The molecule has 28 heavy (non-hydrogen) atoms. The van der Waals surface area contributed by atoms with Crippen molar-refractivity contribution in [3.63, 3.8) is 0 Å². The molecule has 0 unspecified atom stereocenters. The summed E-state index contributed by atoms with van der Waals surface area (Å²) in [6.07, 6.45) is -0.575. The van der Waals surface area contributed by atoms with Crippen LogP contribution in [0.2, 0.25) is 0 Å². The SMILES string of the molecule is COc1ccc(O[C@@H](C)C(=O)NCc2ccc(CN3CCOCC3)cc2)cc1. The lowest BCUT2D eigenvalue weighted by Crippen LogP contribution is -2.36. The highest BCUT2D eigenvalue weighted by atomic mass is 16.5. The van der Waals surface area contributed by atoms with Gasteiger partial charge < -0.3 is 19.5 Å². The molecule has 2 aromatic carbocycles. The van der Waals surface area contributed by atoms with E-state index in [0.717, 1.165) is 44.2 Å². The van der Waals surface area contributed by atoms with Gasteiger partial charge in [-0.1, -0.05) is 24.3 Å². The number of carbonyl (C=O) groups excluding carboxylic acids is 1. The third-order valence-electron chi connectivity index (χ3n) is 4.74. The molecule has 1 aliphatic rings. The zero-order valence-corrected chi connectivity index (χ0v) is 16.5. The normalized spacial score (nSPS) is 15.6. The predicted molar refractivity (Wildman–Crippen MR) is 107 cm³/mol. The zero-order valence-electron chi connectivity index (χ0n) is 16.5. The number of morpholine rings is 1. The molecule has 2 aromatic rings. The quantitative estimate of drug-likeness (QED) is 0.758. The van der Waals surface area contributed by atoms with Crippen LogP contribution in [-0.2, 0) is 22.6 Å². The molecule has 1 aliphatic heterocycles. The summed E-state index contributed by atoms with van der Waals surface area (Å²) in [4.78, 5) is 14.7. The molecule has 0 radical (unpaired) electrons. The number of nitrogens with one attached hydrogen (secondary N) is 1. The minimum atomic E-state index is -0.575. The van der Waals surface area contributed by atoms with Gasteiger partial charge in [-0.3, -0.25) is 9.69 Å². The number of hydrogen-bond donors (Lipinski definition) is 1. The molecule has 6 nitrogen and oxygen atoms in total. The van der Waals surface area contributed by atoms with Gasteiger partial charge in [0.15, 0.2) is 6.10 Å². The molecule has 0 bridgehead atoms. The predicted octanol–water partition coefficient (Wildman–Crippen LogP) is 2.61. The Balaban J connectivity index is 1.43. The van der Waals surface area contributed by atoms with E-state index in [-0.39, 0.29) is 5.91 Å². The van der Waals surface area contributed by atoms with Crippen molar-refractivity contribution in [3.05, 3.63) is 59.7 Å². The minimum Gasteiger partial charge on any atom is -0.497 e. The first-order valence-electron chi connectivity index (χ1n) is 9.60. The summed E-state index contributed by atoms with van der Waals surface area (Å²) in [5.74, 6) is 1.24. The van der Waals surface area contributed by atoms with Crippen molar-refractivity contribution in [3.8, 4) is 11.5 Å². The first-order chi connectivity index (χ1) is 13.6. The molecule has 0 saturated carbocycles. The topological polar surface area (TPSA) is 60.0 Å². The molecule has 1 atom stereocenters. The number of rotatable bonds is 8. The molecule has 1 N–H and O–H groups in total. The molecule has 1 fully saturated rings. The summed E-state index contributed by atoms with van der Waals surface area (Å²) < 4.78 is 16.2. The van der Waals surface area contributed by atoms with Crippen LogP contribution in [0.5, 0.6) is 11.5 Å². The Labute approximate surface area is 166 Å². The average molecular weight is 384 g/mol. The summed E-state index contributed by atoms with van der Waals surface area (Å²) >= 11 is 0. The molecule has 1 heterocycles. The third-order valence-corrected chi connectivity index (χ3v) is 4.74. The van der Waals surface area contributed by atoms with E-state index in [2.05, 4.69) is 34.5 Å². The van der Waals surface area contributed by atoms with E-state index in [9.17, 15) is 4.79 Å².